The molecule has 0 atom stereocenters. The number of hydrogen-bond acceptors (Lipinski definition) is 4. The second-order valence-corrected chi connectivity index (χ2v) is 7.48. The number of amides is 1. The minimum atomic E-state index is -0.296. The lowest BCUT2D eigenvalue weighted by Gasteiger charge is -2.19. The molecule has 1 amide bonds. The minimum absolute atomic E-state index is 0.0916. The standard InChI is InChI=1S/C23H33N3O2/c1-28-22-15-11-14-21(16-22)25-18-19(17-24)23(27)26-20-12-9-7-5-3-2-4-6-8-10-13-20/h11,14-16,18,20,25H,2-10,12-13H2,1H3,(H,26,27)/b19-18-. The summed E-state index contributed by atoms with van der Waals surface area (Å²) in [6, 6.07) is 9.54. The Labute approximate surface area is 169 Å². The van der Waals surface area contributed by atoms with Gasteiger partial charge in [0.1, 0.15) is 17.4 Å². The first-order valence-electron chi connectivity index (χ1n) is 10.5. The number of nitriles is 1. The van der Waals surface area contributed by atoms with Gasteiger partial charge in [0.15, 0.2) is 0 Å². The molecule has 0 radical (unpaired) electrons. The summed E-state index contributed by atoms with van der Waals surface area (Å²) in [5.74, 6) is 0.421. The highest BCUT2D eigenvalue weighted by atomic mass is 16.5. The molecule has 2 N–H and O–H groups in total. The molecule has 0 aromatic heterocycles. The van der Waals surface area contributed by atoms with Crippen molar-refractivity contribution < 1.29 is 9.53 Å². The maximum Gasteiger partial charge on any atom is 0.263 e. The third-order valence-electron chi connectivity index (χ3n) is 5.26. The van der Waals surface area contributed by atoms with Crippen molar-refractivity contribution in [1.82, 2.24) is 5.32 Å². The Morgan fingerprint density at radius 3 is 2.25 bits per heavy atom. The maximum absolute atomic E-state index is 12.6. The summed E-state index contributed by atoms with van der Waals surface area (Å²) in [6.07, 6.45) is 14.8. The number of nitrogens with one attached hydrogen (secondary N) is 2. The summed E-state index contributed by atoms with van der Waals surface area (Å²) in [4.78, 5) is 12.6. The van der Waals surface area contributed by atoms with Crippen molar-refractivity contribution in [2.75, 3.05) is 12.4 Å². The van der Waals surface area contributed by atoms with Gasteiger partial charge in [0.2, 0.25) is 0 Å². The summed E-state index contributed by atoms with van der Waals surface area (Å²) in [6.45, 7) is 0. The van der Waals surface area contributed by atoms with Gasteiger partial charge in [0.05, 0.1) is 7.11 Å². The average Bonchev–Trinajstić information content (AvgIpc) is 2.70. The fraction of sp³-hybridized carbons (Fsp3) is 0.565. The van der Waals surface area contributed by atoms with Gasteiger partial charge < -0.3 is 15.4 Å². The predicted molar refractivity (Wildman–Crippen MR) is 113 cm³/mol. The van der Waals surface area contributed by atoms with Crippen LogP contribution < -0.4 is 15.4 Å². The molecule has 0 aliphatic heterocycles. The van der Waals surface area contributed by atoms with Crippen LogP contribution >= 0.6 is 0 Å². The Morgan fingerprint density at radius 1 is 1.07 bits per heavy atom. The van der Waals surface area contributed by atoms with E-state index in [1.807, 2.05) is 30.3 Å². The molecule has 152 valence electrons. The molecule has 5 heteroatoms. The van der Waals surface area contributed by atoms with E-state index in [-0.39, 0.29) is 17.5 Å². The Balaban J connectivity index is 1.92. The van der Waals surface area contributed by atoms with Crippen molar-refractivity contribution in [1.29, 1.82) is 5.26 Å². The number of rotatable bonds is 5. The lowest BCUT2D eigenvalue weighted by atomic mass is 9.98. The number of carbonyl (C=O) groups excluding carboxylic acids is 1. The van der Waals surface area contributed by atoms with Crippen molar-refractivity contribution in [2.24, 2.45) is 0 Å². The molecular formula is C23H33N3O2. The third-order valence-corrected chi connectivity index (χ3v) is 5.26. The topological polar surface area (TPSA) is 74.1 Å². The molecule has 0 spiro atoms. The number of ether oxygens (including phenoxy) is 1. The van der Waals surface area contributed by atoms with Gasteiger partial charge in [-0.25, -0.2) is 0 Å². The molecule has 5 nitrogen and oxygen atoms in total. The molecular weight excluding hydrogens is 350 g/mol. The maximum atomic E-state index is 12.6. The van der Waals surface area contributed by atoms with E-state index in [0.29, 0.717) is 0 Å². The van der Waals surface area contributed by atoms with Crippen molar-refractivity contribution >= 4 is 11.6 Å². The van der Waals surface area contributed by atoms with Crippen molar-refractivity contribution in [3.8, 4) is 11.8 Å². The van der Waals surface area contributed by atoms with Gasteiger partial charge in [-0.1, -0.05) is 63.9 Å². The van der Waals surface area contributed by atoms with Crippen LogP contribution in [0.15, 0.2) is 36.0 Å². The smallest absolute Gasteiger partial charge is 0.263 e. The van der Waals surface area contributed by atoms with Gasteiger partial charge in [-0.05, 0) is 25.0 Å². The molecule has 0 saturated heterocycles. The summed E-state index contributed by atoms with van der Waals surface area (Å²) in [5.41, 5.74) is 0.861. The van der Waals surface area contributed by atoms with Gasteiger partial charge in [-0.2, -0.15) is 5.26 Å². The second-order valence-electron chi connectivity index (χ2n) is 7.48. The number of carbonyl (C=O) groups is 1. The van der Waals surface area contributed by atoms with E-state index < -0.39 is 0 Å². The van der Waals surface area contributed by atoms with Crippen LogP contribution in [0, 0.1) is 11.3 Å². The van der Waals surface area contributed by atoms with E-state index in [2.05, 4.69) is 10.6 Å². The zero-order valence-electron chi connectivity index (χ0n) is 17.0. The molecule has 1 saturated carbocycles. The molecule has 1 fully saturated rings. The molecule has 2 rings (SSSR count). The lowest BCUT2D eigenvalue weighted by Crippen LogP contribution is -2.35. The quantitative estimate of drug-likeness (QED) is 0.534. The van der Waals surface area contributed by atoms with Crippen molar-refractivity contribution in [2.45, 2.75) is 76.7 Å². The molecule has 0 bridgehead atoms. The second kappa shape index (κ2) is 12.8. The highest BCUT2D eigenvalue weighted by Crippen LogP contribution is 2.18. The molecule has 0 unspecified atom stereocenters. The number of benzene rings is 1. The molecule has 0 heterocycles. The zero-order chi connectivity index (χ0) is 20.0. The van der Waals surface area contributed by atoms with E-state index in [4.69, 9.17) is 4.74 Å². The van der Waals surface area contributed by atoms with Crippen LogP contribution in [0.1, 0.15) is 70.6 Å². The van der Waals surface area contributed by atoms with Crippen LogP contribution in [0.2, 0.25) is 0 Å². The van der Waals surface area contributed by atoms with Crippen LogP contribution in [0.4, 0.5) is 5.69 Å². The van der Waals surface area contributed by atoms with Gasteiger partial charge in [0.25, 0.3) is 5.91 Å². The van der Waals surface area contributed by atoms with Crippen molar-refractivity contribution in [3.63, 3.8) is 0 Å². The first-order chi connectivity index (χ1) is 13.7. The number of anilines is 1. The van der Waals surface area contributed by atoms with Crippen LogP contribution in [0.25, 0.3) is 0 Å². The Kier molecular flexibility index (Phi) is 9.99. The Morgan fingerprint density at radius 2 is 1.68 bits per heavy atom. The minimum Gasteiger partial charge on any atom is -0.497 e. The van der Waals surface area contributed by atoms with Gasteiger partial charge >= 0.3 is 0 Å². The first kappa shape index (κ1) is 21.8. The average molecular weight is 384 g/mol. The molecule has 1 aliphatic rings. The van der Waals surface area contributed by atoms with E-state index in [1.165, 1.54) is 51.1 Å². The monoisotopic (exact) mass is 383 g/mol. The predicted octanol–water partition coefficient (Wildman–Crippen LogP) is 5.30. The summed E-state index contributed by atoms with van der Waals surface area (Å²) >= 11 is 0. The molecule has 1 aromatic carbocycles. The molecule has 1 aromatic rings. The van der Waals surface area contributed by atoms with Crippen LogP contribution in [0.3, 0.4) is 0 Å². The van der Waals surface area contributed by atoms with E-state index >= 15 is 0 Å². The van der Waals surface area contributed by atoms with Crippen molar-refractivity contribution in [3.05, 3.63) is 36.0 Å². The first-order valence-corrected chi connectivity index (χ1v) is 10.5. The molecule has 28 heavy (non-hydrogen) atoms. The summed E-state index contributed by atoms with van der Waals surface area (Å²) in [5, 5.41) is 15.5. The number of nitrogens with zero attached hydrogens (tertiary/aromatic N) is 1. The lowest BCUT2D eigenvalue weighted by molar-refractivity contribution is -0.117. The van der Waals surface area contributed by atoms with E-state index in [1.54, 1.807) is 7.11 Å². The highest BCUT2D eigenvalue weighted by Gasteiger charge is 2.16. The van der Waals surface area contributed by atoms with Gasteiger partial charge in [-0.3, -0.25) is 4.79 Å². The fourth-order valence-electron chi connectivity index (χ4n) is 3.59. The van der Waals surface area contributed by atoms with E-state index in [9.17, 15) is 10.1 Å². The SMILES string of the molecule is COc1cccc(N/C=C(/C#N)C(=O)NC2CCCCCCCCCCC2)c1. The van der Waals surface area contributed by atoms with Gasteiger partial charge in [-0.15, -0.1) is 0 Å². The van der Waals surface area contributed by atoms with Crippen LogP contribution in [0.5, 0.6) is 5.75 Å². The van der Waals surface area contributed by atoms with E-state index in [0.717, 1.165) is 37.1 Å². The fourth-order valence-corrected chi connectivity index (χ4v) is 3.59. The van der Waals surface area contributed by atoms with Gasteiger partial charge in [0, 0.05) is 24.0 Å². The Bertz CT molecular complexity index is 667. The largest absolute Gasteiger partial charge is 0.497 e. The highest BCUT2D eigenvalue weighted by molar-refractivity contribution is 5.97. The van der Waals surface area contributed by atoms with Crippen LogP contribution in [-0.2, 0) is 4.79 Å². The normalized spacial score (nSPS) is 17.5. The third kappa shape index (κ3) is 8.04. The number of methoxy groups -OCH3 is 1. The van der Waals surface area contributed by atoms with Crippen LogP contribution in [-0.4, -0.2) is 19.1 Å². The molecule has 1 aliphatic carbocycles. The summed E-state index contributed by atoms with van der Waals surface area (Å²) < 4.78 is 5.19. The Hall–Kier alpha value is -2.48. The summed E-state index contributed by atoms with van der Waals surface area (Å²) in [7, 11) is 1.60. The zero-order valence-corrected chi connectivity index (χ0v) is 17.0. The number of hydrogen-bond donors (Lipinski definition) is 2.